The second-order valence-electron chi connectivity index (χ2n) is 4.94. The molecule has 0 fully saturated rings. The van der Waals surface area contributed by atoms with Crippen LogP contribution in [-0.2, 0) is 17.6 Å². The van der Waals surface area contributed by atoms with Gasteiger partial charge in [0, 0.05) is 21.3 Å². The Balaban J connectivity index is 2.61. The Kier molecular flexibility index (Phi) is 5.11. The van der Waals surface area contributed by atoms with Crippen LogP contribution in [0.1, 0.15) is 18.9 Å². The highest BCUT2D eigenvalue weighted by Gasteiger charge is 2.58. The van der Waals surface area contributed by atoms with Gasteiger partial charge < -0.3 is 13.3 Å². The van der Waals surface area contributed by atoms with Crippen LogP contribution in [0.25, 0.3) is 10.8 Å². The highest BCUT2D eigenvalue weighted by atomic mass is 32.1. The number of benzene rings is 2. The van der Waals surface area contributed by atoms with Crippen LogP contribution in [0.15, 0.2) is 42.5 Å². The molecule has 114 valence electrons. The first-order valence-corrected chi connectivity index (χ1v) is 9.11. The maximum atomic E-state index is 5.68. The van der Waals surface area contributed by atoms with Gasteiger partial charge in [0.15, 0.2) is 0 Å². The molecule has 0 spiro atoms. The Morgan fingerprint density at radius 1 is 0.952 bits per heavy atom. The molecule has 0 aliphatic carbocycles. The van der Waals surface area contributed by atoms with E-state index in [9.17, 15) is 0 Å². The van der Waals surface area contributed by atoms with E-state index in [0.717, 1.165) is 12.0 Å². The predicted molar refractivity (Wildman–Crippen MR) is 91.7 cm³/mol. The molecule has 0 amide bonds. The number of hydrogen-bond donors (Lipinski definition) is 1. The molecule has 0 radical (unpaired) electrons. The van der Waals surface area contributed by atoms with Crippen molar-refractivity contribution in [2.75, 3.05) is 21.3 Å². The van der Waals surface area contributed by atoms with E-state index in [0.29, 0.717) is 0 Å². The minimum Gasteiger partial charge on any atom is -0.376 e. The zero-order valence-corrected chi connectivity index (χ0v) is 14.8. The topological polar surface area (TPSA) is 27.7 Å². The van der Waals surface area contributed by atoms with Crippen molar-refractivity contribution in [3.05, 3.63) is 48.0 Å². The lowest BCUT2D eigenvalue weighted by Gasteiger charge is -2.40. The molecule has 0 aliphatic rings. The summed E-state index contributed by atoms with van der Waals surface area (Å²) >= 11 is 4.94. The second kappa shape index (κ2) is 6.50. The molecule has 0 saturated carbocycles. The Labute approximate surface area is 133 Å². The van der Waals surface area contributed by atoms with E-state index < -0.39 is 13.2 Å². The molecule has 0 aromatic heterocycles. The average Bonchev–Trinajstić information content (AvgIpc) is 2.56. The Morgan fingerprint density at radius 3 is 2.05 bits per heavy atom. The minimum atomic E-state index is -2.94. The third-order valence-electron chi connectivity index (χ3n) is 4.05. The standard InChI is InChI=1S/C16H22O3SSi/c1-5-16(20,21(17-2,18-3)19-4)15-11-10-13-8-6-7-9-14(13)12-15/h6-12,20H,5H2,1-4H3. The van der Waals surface area contributed by atoms with Gasteiger partial charge in [0.25, 0.3) is 0 Å². The normalized spacial score (nSPS) is 15.1. The molecule has 1 unspecified atom stereocenters. The van der Waals surface area contributed by atoms with E-state index >= 15 is 0 Å². The van der Waals surface area contributed by atoms with E-state index in [4.69, 9.17) is 25.9 Å². The molecule has 3 nitrogen and oxygen atoms in total. The zero-order chi connectivity index (χ0) is 15.5. The summed E-state index contributed by atoms with van der Waals surface area (Å²) in [6.07, 6.45) is 0.746. The summed E-state index contributed by atoms with van der Waals surface area (Å²) in [6, 6.07) is 14.6. The third kappa shape index (κ3) is 2.64. The fraction of sp³-hybridized carbons (Fsp3) is 0.375. The first-order chi connectivity index (χ1) is 10.1. The number of fused-ring (bicyclic) bond motifs is 1. The van der Waals surface area contributed by atoms with Crippen LogP contribution in [0.5, 0.6) is 0 Å². The monoisotopic (exact) mass is 322 g/mol. The third-order valence-corrected chi connectivity index (χ3v) is 8.72. The van der Waals surface area contributed by atoms with Crippen LogP contribution >= 0.6 is 12.6 Å². The van der Waals surface area contributed by atoms with Crippen molar-refractivity contribution in [2.45, 2.75) is 17.7 Å². The highest BCUT2D eigenvalue weighted by molar-refractivity contribution is 7.83. The highest BCUT2D eigenvalue weighted by Crippen LogP contribution is 2.43. The lowest BCUT2D eigenvalue weighted by Crippen LogP contribution is -2.58. The fourth-order valence-corrected chi connectivity index (χ4v) is 6.22. The van der Waals surface area contributed by atoms with Crippen molar-refractivity contribution in [3.8, 4) is 0 Å². The van der Waals surface area contributed by atoms with Crippen molar-refractivity contribution >= 4 is 32.2 Å². The predicted octanol–water partition coefficient (Wildman–Crippen LogP) is 3.79. The van der Waals surface area contributed by atoms with Gasteiger partial charge in [-0.3, -0.25) is 0 Å². The van der Waals surface area contributed by atoms with Crippen LogP contribution in [0.3, 0.4) is 0 Å². The largest absolute Gasteiger partial charge is 0.521 e. The van der Waals surface area contributed by atoms with Gasteiger partial charge >= 0.3 is 8.80 Å². The summed E-state index contributed by atoms with van der Waals surface area (Å²) in [5, 5.41) is 2.38. The molecule has 2 aromatic rings. The molecule has 0 saturated heterocycles. The van der Waals surface area contributed by atoms with Crippen LogP contribution < -0.4 is 0 Å². The Bertz CT molecular complexity index is 607. The molecule has 1 atom stereocenters. The first-order valence-electron chi connectivity index (χ1n) is 6.94. The summed E-state index contributed by atoms with van der Waals surface area (Å²) in [5.74, 6) is 0. The molecule has 5 heteroatoms. The van der Waals surface area contributed by atoms with Crippen LogP contribution in [0.4, 0.5) is 0 Å². The van der Waals surface area contributed by atoms with E-state index in [-0.39, 0.29) is 0 Å². The van der Waals surface area contributed by atoms with E-state index in [1.807, 2.05) is 12.1 Å². The maximum Gasteiger partial charge on any atom is 0.521 e. The molecular weight excluding hydrogens is 300 g/mol. The van der Waals surface area contributed by atoms with Gasteiger partial charge in [-0.15, -0.1) is 0 Å². The molecule has 0 N–H and O–H groups in total. The summed E-state index contributed by atoms with van der Waals surface area (Å²) in [6.45, 7) is 2.07. The summed E-state index contributed by atoms with van der Waals surface area (Å²) < 4.78 is 16.4. The molecule has 0 bridgehead atoms. The molecule has 0 heterocycles. The smallest absolute Gasteiger partial charge is 0.376 e. The van der Waals surface area contributed by atoms with Crippen LogP contribution in [0, 0.1) is 0 Å². The van der Waals surface area contributed by atoms with Gasteiger partial charge in [-0.05, 0) is 28.8 Å². The Hall–Kier alpha value is -0.853. The van der Waals surface area contributed by atoms with Crippen LogP contribution in [-0.4, -0.2) is 30.1 Å². The van der Waals surface area contributed by atoms with Gasteiger partial charge in [0.1, 0.15) is 4.37 Å². The first kappa shape index (κ1) is 16.5. The maximum absolute atomic E-state index is 5.68. The fourth-order valence-electron chi connectivity index (χ4n) is 2.80. The van der Waals surface area contributed by atoms with Gasteiger partial charge in [-0.2, -0.15) is 12.6 Å². The molecular formula is C16H22O3SSi. The lowest BCUT2D eigenvalue weighted by molar-refractivity contribution is 0.106. The summed E-state index contributed by atoms with van der Waals surface area (Å²) in [4.78, 5) is 0. The van der Waals surface area contributed by atoms with E-state index in [2.05, 4.69) is 37.3 Å². The van der Waals surface area contributed by atoms with E-state index in [1.165, 1.54) is 10.8 Å². The molecule has 2 rings (SSSR count). The van der Waals surface area contributed by atoms with Crippen molar-refractivity contribution < 1.29 is 13.3 Å². The lowest BCUT2D eigenvalue weighted by atomic mass is 10.0. The number of rotatable bonds is 6. The molecule has 2 aromatic carbocycles. The van der Waals surface area contributed by atoms with E-state index in [1.54, 1.807) is 21.3 Å². The van der Waals surface area contributed by atoms with Crippen molar-refractivity contribution in [1.82, 2.24) is 0 Å². The minimum absolute atomic E-state index is 0.588. The van der Waals surface area contributed by atoms with Crippen molar-refractivity contribution in [3.63, 3.8) is 0 Å². The second-order valence-corrected chi connectivity index (χ2v) is 9.32. The van der Waals surface area contributed by atoms with Crippen LogP contribution in [0.2, 0.25) is 0 Å². The summed E-state index contributed by atoms with van der Waals surface area (Å²) in [7, 11) is 1.94. The number of hydrogen-bond acceptors (Lipinski definition) is 4. The molecule has 0 aliphatic heterocycles. The SMILES string of the molecule is CCC(S)(c1ccc2ccccc2c1)[Si](OC)(OC)OC. The quantitative estimate of drug-likeness (QED) is 0.648. The molecule has 21 heavy (non-hydrogen) atoms. The average molecular weight is 323 g/mol. The van der Waals surface area contributed by atoms with Crippen molar-refractivity contribution in [2.24, 2.45) is 0 Å². The zero-order valence-electron chi connectivity index (χ0n) is 12.9. The Morgan fingerprint density at radius 2 is 1.52 bits per heavy atom. The van der Waals surface area contributed by atoms with Gasteiger partial charge in [-0.1, -0.05) is 43.3 Å². The number of thiol groups is 1. The summed E-state index contributed by atoms with van der Waals surface area (Å²) in [5.41, 5.74) is 1.06. The van der Waals surface area contributed by atoms with Gasteiger partial charge in [0.05, 0.1) is 0 Å². The van der Waals surface area contributed by atoms with Gasteiger partial charge in [0.2, 0.25) is 0 Å². The van der Waals surface area contributed by atoms with Gasteiger partial charge in [-0.25, -0.2) is 0 Å². The van der Waals surface area contributed by atoms with Crippen molar-refractivity contribution in [1.29, 1.82) is 0 Å².